The molecule has 2 nitrogen and oxygen atoms in total. The Morgan fingerprint density at radius 2 is 1.92 bits per heavy atom. The molecule has 1 aliphatic rings. The molecule has 0 radical (unpaired) electrons. The summed E-state index contributed by atoms with van der Waals surface area (Å²) in [4.78, 5) is 0. The molecular weight excluding hydrogens is 148 g/mol. The van der Waals surface area contributed by atoms with Gasteiger partial charge in [-0.25, -0.2) is 0 Å². The smallest absolute Gasteiger partial charge is 0.0621 e. The summed E-state index contributed by atoms with van der Waals surface area (Å²) in [5.74, 6) is 0. The van der Waals surface area contributed by atoms with Gasteiger partial charge in [-0.2, -0.15) is 5.10 Å². The van der Waals surface area contributed by atoms with Gasteiger partial charge in [0.1, 0.15) is 0 Å². The Labute approximate surface area is 74.6 Å². The molecule has 0 bridgehead atoms. The average molecular weight is 166 g/mol. The number of hydrogen-bond acceptors (Lipinski definition) is 1. The normalized spacial score (nSPS) is 14.5. The van der Waals surface area contributed by atoms with Crippen LogP contribution in [0.1, 0.15) is 38.3 Å². The molecule has 0 N–H and O–H groups in total. The molecule has 0 unspecified atom stereocenters. The van der Waals surface area contributed by atoms with Crippen LogP contribution in [0.15, 0.2) is 12.3 Å². The van der Waals surface area contributed by atoms with Crippen LogP contribution < -0.4 is 0 Å². The monoisotopic (exact) mass is 166 g/mol. The first-order valence-electron chi connectivity index (χ1n) is 4.81. The van der Waals surface area contributed by atoms with Crippen molar-refractivity contribution in [1.82, 2.24) is 9.78 Å². The average Bonchev–Trinajstić information content (AvgIpc) is 2.31. The van der Waals surface area contributed by atoms with Crippen molar-refractivity contribution in [3.63, 3.8) is 0 Å². The Balaban J connectivity index is 0.000000150. The van der Waals surface area contributed by atoms with Gasteiger partial charge in [-0.05, 0) is 12.5 Å². The summed E-state index contributed by atoms with van der Waals surface area (Å²) in [5.41, 5.74) is 1.16. The summed E-state index contributed by atoms with van der Waals surface area (Å²) in [6.07, 6.45) is 8.99. The molecule has 0 atom stereocenters. The second-order valence-electron chi connectivity index (χ2n) is 3.25. The fraction of sp³-hybridized carbons (Fsp3) is 0.700. The van der Waals surface area contributed by atoms with Crippen LogP contribution >= 0.6 is 0 Å². The van der Waals surface area contributed by atoms with Gasteiger partial charge in [0, 0.05) is 13.2 Å². The highest BCUT2D eigenvalue weighted by Crippen LogP contribution is 2.15. The van der Waals surface area contributed by atoms with Crippen LogP contribution in [0.4, 0.5) is 0 Å². The zero-order valence-electron chi connectivity index (χ0n) is 8.08. The Morgan fingerprint density at radius 3 is 2.08 bits per heavy atom. The Bertz CT molecular complexity index is 207. The fourth-order valence-electron chi connectivity index (χ4n) is 0.902. The molecule has 1 aliphatic carbocycles. The third-order valence-electron chi connectivity index (χ3n) is 2.13. The highest BCUT2D eigenvalue weighted by molar-refractivity contribution is 4.97. The zero-order chi connectivity index (χ0) is 8.81. The molecule has 1 aromatic rings. The van der Waals surface area contributed by atoms with E-state index in [2.05, 4.69) is 12.0 Å². The second kappa shape index (κ2) is 4.96. The SMILES string of the molecule is C1CCC1.CCc1ccn(C)n1. The number of aromatic nitrogens is 2. The number of rotatable bonds is 1. The van der Waals surface area contributed by atoms with E-state index in [-0.39, 0.29) is 0 Å². The molecule has 1 heterocycles. The molecule has 0 saturated heterocycles. The first-order valence-corrected chi connectivity index (χ1v) is 4.81. The van der Waals surface area contributed by atoms with Crippen molar-refractivity contribution in [2.75, 3.05) is 0 Å². The maximum absolute atomic E-state index is 4.15. The highest BCUT2D eigenvalue weighted by Gasteiger charge is 1.95. The van der Waals surface area contributed by atoms with E-state index in [1.807, 2.05) is 24.0 Å². The minimum absolute atomic E-state index is 1.03. The van der Waals surface area contributed by atoms with E-state index < -0.39 is 0 Å². The van der Waals surface area contributed by atoms with Crippen molar-refractivity contribution >= 4 is 0 Å². The lowest BCUT2D eigenvalue weighted by atomic mass is 10.0. The molecule has 1 fully saturated rings. The van der Waals surface area contributed by atoms with Crippen LogP contribution in [0, 0.1) is 0 Å². The maximum Gasteiger partial charge on any atom is 0.0621 e. The second-order valence-corrected chi connectivity index (χ2v) is 3.25. The van der Waals surface area contributed by atoms with Crippen molar-refractivity contribution in [3.8, 4) is 0 Å². The van der Waals surface area contributed by atoms with E-state index in [4.69, 9.17) is 0 Å². The van der Waals surface area contributed by atoms with E-state index >= 15 is 0 Å². The van der Waals surface area contributed by atoms with Crippen molar-refractivity contribution in [2.45, 2.75) is 39.0 Å². The van der Waals surface area contributed by atoms with E-state index in [0.717, 1.165) is 12.1 Å². The largest absolute Gasteiger partial charge is 0.276 e. The summed E-state index contributed by atoms with van der Waals surface area (Å²) in [7, 11) is 1.93. The van der Waals surface area contributed by atoms with Gasteiger partial charge in [0.25, 0.3) is 0 Å². The summed E-state index contributed by atoms with van der Waals surface area (Å²) in [6.45, 7) is 2.10. The van der Waals surface area contributed by atoms with Gasteiger partial charge in [0.05, 0.1) is 5.69 Å². The maximum atomic E-state index is 4.15. The molecule has 0 amide bonds. The lowest BCUT2D eigenvalue weighted by molar-refractivity contribution is 0.504. The van der Waals surface area contributed by atoms with Crippen molar-refractivity contribution in [2.24, 2.45) is 7.05 Å². The van der Waals surface area contributed by atoms with Crippen molar-refractivity contribution < 1.29 is 0 Å². The van der Waals surface area contributed by atoms with E-state index in [0.29, 0.717) is 0 Å². The summed E-state index contributed by atoms with van der Waals surface area (Å²) >= 11 is 0. The number of aryl methyl sites for hydroxylation is 2. The van der Waals surface area contributed by atoms with Gasteiger partial charge in [0.2, 0.25) is 0 Å². The topological polar surface area (TPSA) is 17.8 Å². The summed E-state index contributed by atoms with van der Waals surface area (Å²) in [5, 5.41) is 4.15. The van der Waals surface area contributed by atoms with Crippen molar-refractivity contribution in [1.29, 1.82) is 0 Å². The Kier molecular flexibility index (Phi) is 3.85. The molecule has 68 valence electrons. The number of nitrogens with zero attached hydrogens (tertiary/aromatic N) is 2. The quantitative estimate of drug-likeness (QED) is 0.627. The number of hydrogen-bond donors (Lipinski definition) is 0. The molecule has 0 aliphatic heterocycles. The van der Waals surface area contributed by atoms with Gasteiger partial charge < -0.3 is 0 Å². The van der Waals surface area contributed by atoms with Crippen LogP contribution in [0.5, 0.6) is 0 Å². The minimum atomic E-state index is 1.03. The van der Waals surface area contributed by atoms with Gasteiger partial charge >= 0.3 is 0 Å². The summed E-state index contributed by atoms with van der Waals surface area (Å²) in [6, 6.07) is 2.03. The third kappa shape index (κ3) is 3.07. The van der Waals surface area contributed by atoms with E-state index in [9.17, 15) is 0 Å². The van der Waals surface area contributed by atoms with Crippen LogP contribution in [0.25, 0.3) is 0 Å². The van der Waals surface area contributed by atoms with Gasteiger partial charge in [-0.15, -0.1) is 0 Å². The van der Waals surface area contributed by atoms with Gasteiger partial charge in [-0.3, -0.25) is 4.68 Å². The zero-order valence-corrected chi connectivity index (χ0v) is 8.08. The van der Waals surface area contributed by atoms with E-state index in [1.54, 1.807) is 0 Å². The minimum Gasteiger partial charge on any atom is -0.276 e. The van der Waals surface area contributed by atoms with Crippen LogP contribution in [0.3, 0.4) is 0 Å². The molecule has 2 rings (SSSR count). The molecule has 12 heavy (non-hydrogen) atoms. The predicted octanol–water partition coefficient (Wildman–Crippen LogP) is 2.54. The van der Waals surface area contributed by atoms with Crippen LogP contribution in [-0.4, -0.2) is 9.78 Å². The molecule has 0 spiro atoms. The molecular formula is C10H18N2. The molecule has 2 heteroatoms. The van der Waals surface area contributed by atoms with Gasteiger partial charge in [-0.1, -0.05) is 32.6 Å². The standard InChI is InChI=1S/C6H10N2.C4H8/c1-3-6-4-5-8(2)7-6;1-2-4-3-1/h4-5H,3H2,1-2H3;1-4H2. The Morgan fingerprint density at radius 1 is 1.33 bits per heavy atom. The first-order chi connectivity index (χ1) is 5.83. The molecule has 1 aromatic heterocycles. The first kappa shape index (κ1) is 9.30. The lowest BCUT2D eigenvalue weighted by Crippen LogP contribution is -1.88. The molecule has 0 aromatic carbocycles. The van der Waals surface area contributed by atoms with Crippen LogP contribution in [0.2, 0.25) is 0 Å². The van der Waals surface area contributed by atoms with E-state index in [1.165, 1.54) is 25.7 Å². The van der Waals surface area contributed by atoms with Gasteiger partial charge in [0.15, 0.2) is 0 Å². The lowest BCUT2D eigenvalue weighted by Gasteiger charge is -2.05. The molecule has 1 saturated carbocycles. The Hall–Kier alpha value is -0.790. The fourth-order valence-corrected chi connectivity index (χ4v) is 0.902. The summed E-state index contributed by atoms with van der Waals surface area (Å²) < 4.78 is 1.82. The highest BCUT2D eigenvalue weighted by atomic mass is 15.2. The van der Waals surface area contributed by atoms with Crippen LogP contribution in [-0.2, 0) is 13.5 Å². The van der Waals surface area contributed by atoms with Crippen molar-refractivity contribution in [3.05, 3.63) is 18.0 Å². The third-order valence-corrected chi connectivity index (χ3v) is 2.13. The predicted molar refractivity (Wildman–Crippen MR) is 51.1 cm³/mol.